The first-order valence-electron chi connectivity index (χ1n) is 12.7. The largest absolute Gasteiger partial charge is 0.336 e. The average Bonchev–Trinajstić information content (AvgIpc) is 2.88. The Bertz CT molecular complexity index is 1700. The van der Waals surface area contributed by atoms with Gasteiger partial charge in [0.2, 0.25) is 0 Å². The smallest absolute Gasteiger partial charge is 0.290 e. The molecule has 1 aliphatic rings. The third kappa shape index (κ3) is 4.85. The van der Waals surface area contributed by atoms with Gasteiger partial charge in [-0.2, -0.15) is 10.2 Å². The summed E-state index contributed by atoms with van der Waals surface area (Å²) in [5.74, 6) is 0.238. The van der Waals surface area contributed by atoms with Crippen LogP contribution in [0.4, 0.5) is 21.6 Å². The molecule has 2 aromatic carbocycles. The molecule has 0 spiro atoms. The Morgan fingerprint density at radius 1 is 1.05 bits per heavy atom. The van der Waals surface area contributed by atoms with Crippen molar-refractivity contribution >= 4 is 29.1 Å². The van der Waals surface area contributed by atoms with Crippen molar-refractivity contribution in [1.82, 2.24) is 14.8 Å². The molecule has 8 heteroatoms. The molecule has 1 aliphatic heterocycles. The second-order valence-corrected chi connectivity index (χ2v) is 10.8. The molecule has 0 atom stereocenters. The van der Waals surface area contributed by atoms with Crippen LogP contribution in [0.5, 0.6) is 0 Å². The number of halogens is 1. The minimum absolute atomic E-state index is 0.195. The van der Waals surface area contributed by atoms with Gasteiger partial charge in [0.05, 0.1) is 23.3 Å². The normalized spacial score (nSPS) is 13.0. The molecular formula is C31H31FN6O. The molecule has 5 rings (SSSR count). The van der Waals surface area contributed by atoms with Gasteiger partial charge in [0.15, 0.2) is 0 Å². The molecule has 0 radical (unpaired) electrons. The van der Waals surface area contributed by atoms with Gasteiger partial charge in [-0.05, 0) is 66.3 Å². The highest BCUT2D eigenvalue weighted by atomic mass is 19.1. The van der Waals surface area contributed by atoms with Crippen LogP contribution in [0.2, 0.25) is 0 Å². The predicted octanol–water partition coefficient (Wildman–Crippen LogP) is 6.46. The van der Waals surface area contributed by atoms with Gasteiger partial charge in [0.1, 0.15) is 17.3 Å². The number of nitrogens with one attached hydrogen (secondary N) is 1. The topological polar surface area (TPSA) is 75.4 Å². The lowest BCUT2D eigenvalue weighted by Crippen LogP contribution is -2.24. The van der Waals surface area contributed by atoms with E-state index in [2.05, 4.69) is 47.9 Å². The van der Waals surface area contributed by atoms with Crippen molar-refractivity contribution in [3.05, 3.63) is 105 Å². The highest BCUT2D eigenvalue weighted by molar-refractivity contribution is 5.97. The molecule has 0 bridgehead atoms. The number of hydrogen-bond donors (Lipinski definition) is 1. The summed E-state index contributed by atoms with van der Waals surface area (Å²) in [4.78, 5) is 17.2. The van der Waals surface area contributed by atoms with Gasteiger partial charge < -0.3 is 5.32 Å². The van der Waals surface area contributed by atoms with Gasteiger partial charge in [0, 0.05) is 29.9 Å². The summed E-state index contributed by atoms with van der Waals surface area (Å²) < 4.78 is 16.7. The number of anilines is 3. The highest BCUT2D eigenvalue weighted by Crippen LogP contribution is 2.38. The Balaban J connectivity index is 1.54. The zero-order chi connectivity index (χ0) is 28.1. The first-order chi connectivity index (χ1) is 18.4. The summed E-state index contributed by atoms with van der Waals surface area (Å²) in [7, 11) is 1.61. The molecule has 2 aromatic heterocycles. The summed E-state index contributed by atoms with van der Waals surface area (Å²) in [5.41, 5.74) is 6.40. The Morgan fingerprint density at radius 2 is 1.82 bits per heavy atom. The molecule has 39 heavy (non-hydrogen) atoms. The van der Waals surface area contributed by atoms with Crippen LogP contribution in [0.25, 0.3) is 17.0 Å². The summed E-state index contributed by atoms with van der Waals surface area (Å²) in [6.07, 6.45) is 3.41. The van der Waals surface area contributed by atoms with Gasteiger partial charge in [-0.25, -0.2) is 19.1 Å². The van der Waals surface area contributed by atoms with Gasteiger partial charge in [-0.15, -0.1) is 0 Å². The van der Waals surface area contributed by atoms with E-state index in [-0.39, 0.29) is 16.8 Å². The maximum absolute atomic E-state index is 15.4. The number of benzene rings is 2. The van der Waals surface area contributed by atoms with Crippen LogP contribution in [0.3, 0.4) is 0 Å². The van der Waals surface area contributed by atoms with Crippen molar-refractivity contribution in [3.8, 4) is 11.3 Å². The van der Waals surface area contributed by atoms with Crippen LogP contribution in [0, 0.1) is 19.7 Å². The Labute approximate surface area is 227 Å². The molecule has 0 aliphatic carbocycles. The van der Waals surface area contributed by atoms with Crippen molar-refractivity contribution in [2.45, 2.75) is 40.0 Å². The number of fused-ring (bicyclic) bond motifs is 1. The predicted molar refractivity (Wildman–Crippen MR) is 156 cm³/mol. The quantitative estimate of drug-likeness (QED) is 0.333. The highest BCUT2D eigenvalue weighted by Gasteiger charge is 2.26. The fourth-order valence-corrected chi connectivity index (χ4v) is 4.61. The van der Waals surface area contributed by atoms with Gasteiger partial charge in [0.25, 0.3) is 5.56 Å². The lowest BCUT2D eigenvalue weighted by molar-refractivity contribution is 0.570. The fraction of sp³-hybridized carbons (Fsp3) is 0.226. The Morgan fingerprint density at radius 3 is 2.51 bits per heavy atom. The van der Waals surface area contributed by atoms with Crippen LogP contribution in [0.15, 0.2) is 71.2 Å². The zero-order valence-corrected chi connectivity index (χ0v) is 23.0. The minimum atomic E-state index is -0.326. The van der Waals surface area contributed by atoms with Crippen LogP contribution in [-0.4, -0.2) is 21.0 Å². The van der Waals surface area contributed by atoms with Gasteiger partial charge >= 0.3 is 0 Å². The summed E-state index contributed by atoms with van der Waals surface area (Å²) in [6.45, 7) is 14.3. The maximum atomic E-state index is 15.4. The van der Waals surface area contributed by atoms with E-state index in [0.29, 0.717) is 34.0 Å². The Hall–Kier alpha value is -4.59. The number of hydrogen-bond acceptors (Lipinski definition) is 6. The molecule has 0 unspecified atom stereocenters. The molecular weight excluding hydrogens is 491 g/mol. The van der Waals surface area contributed by atoms with Crippen molar-refractivity contribution in [2.24, 2.45) is 12.1 Å². The maximum Gasteiger partial charge on any atom is 0.290 e. The van der Waals surface area contributed by atoms with Gasteiger partial charge in [-0.3, -0.25) is 4.79 Å². The van der Waals surface area contributed by atoms with E-state index in [4.69, 9.17) is 0 Å². The van der Waals surface area contributed by atoms with E-state index in [1.807, 2.05) is 50.2 Å². The molecule has 0 fully saturated rings. The fourth-order valence-electron chi connectivity index (χ4n) is 4.61. The number of aromatic nitrogens is 3. The van der Waals surface area contributed by atoms with Crippen molar-refractivity contribution in [3.63, 3.8) is 0 Å². The average molecular weight is 523 g/mol. The molecule has 0 amide bonds. The molecule has 4 aromatic rings. The van der Waals surface area contributed by atoms with Crippen molar-refractivity contribution in [1.29, 1.82) is 0 Å². The SMILES string of the molecule is C=C1c2c(F)cc(C(C)(C)C)cc2C=NN1c1cccc(-c2cc(Nc3ccc(C)cn3)c(=O)n(C)n2)c1C. The summed E-state index contributed by atoms with van der Waals surface area (Å²) >= 11 is 0. The van der Waals surface area contributed by atoms with E-state index in [9.17, 15) is 4.79 Å². The van der Waals surface area contributed by atoms with E-state index in [0.717, 1.165) is 27.9 Å². The molecule has 1 N–H and O–H groups in total. The number of nitrogens with zero attached hydrogens (tertiary/aromatic N) is 5. The van der Waals surface area contributed by atoms with Gasteiger partial charge in [-0.1, -0.05) is 45.5 Å². The first-order valence-corrected chi connectivity index (χ1v) is 12.7. The lowest BCUT2D eigenvalue weighted by atomic mass is 9.84. The molecule has 0 saturated heterocycles. The second-order valence-electron chi connectivity index (χ2n) is 10.8. The van der Waals surface area contributed by atoms with Crippen LogP contribution in [0.1, 0.15) is 48.6 Å². The van der Waals surface area contributed by atoms with E-state index < -0.39 is 0 Å². The molecule has 0 saturated carbocycles. The molecule has 3 heterocycles. The summed E-state index contributed by atoms with van der Waals surface area (Å²) in [5, 5.41) is 13.9. The van der Waals surface area contributed by atoms with E-state index in [1.54, 1.807) is 36.6 Å². The summed E-state index contributed by atoms with van der Waals surface area (Å²) in [6, 6.07) is 14.7. The van der Waals surface area contributed by atoms with Crippen LogP contribution in [-0.2, 0) is 12.5 Å². The van der Waals surface area contributed by atoms with Crippen LogP contribution < -0.4 is 15.9 Å². The number of pyridine rings is 1. The van der Waals surface area contributed by atoms with Crippen molar-refractivity contribution in [2.75, 3.05) is 10.3 Å². The standard InChI is InChI=1S/C31H31FN6O/c1-18-11-12-28(33-16-18)35-26-15-25(36-37(7)30(26)39)23-9-8-10-27(19(23)2)38-20(3)29-21(17-34-38)13-22(14-24(29)32)31(4,5)6/h8-17H,3H2,1-2,4-7H3,(H,33,35). The zero-order valence-electron chi connectivity index (χ0n) is 23.0. The minimum Gasteiger partial charge on any atom is -0.336 e. The first kappa shape index (κ1) is 26.0. The van der Waals surface area contributed by atoms with E-state index in [1.165, 1.54) is 4.68 Å². The number of hydrazone groups is 1. The van der Waals surface area contributed by atoms with Crippen molar-refractivity contribution < 1.29 is 4.39 Å². The number of aryl methyl sites for hydroxylation is 2. The Kier molecular flexibility index (Phi) is 6.42. The monoisotopic (exact) mass is 522 g/mol. The third-order valence-electron chi connectivity index (χ3n) is 6.89. The molecule has 198 valence electrons. The second kappa shape index (κ2) is 9.62. The van der Waals surface area contributed by atoms with Crippen LogP contribution >= 0.6 is 0 Å². The lowest BCUT2D eigenvalue weighted by Gasteiger charge is -2.30. The number of rotatable bonds is 4. The third-order valence-corrected chi connectivity index (χ3v) is 6.89. The van der Waals surface area contributed by atoms with E-state index >= 15 is 4.39 Å². The molecule has 7 nitrogen and oxygen atoms in total.